The van der Waals surface area contributed by atoms with E-state index in [9.17, 15) is 9.59 Å². The minimum atomic E-state index is -0.199. The van der Waals surface area contributed by atoms with Gasteiger partial charge in [-0.05, 0) is 56.5 Å². The number of hydrogen-bond donors (Lipinski definition) is 1. The summed E-state index contributed by atoms with van der Waals surface area (Å²) in [5, 5.41) is 2.87. The fourth-order valence-electron chi connectivity index (χ4n) is 2.60. The molecule has 0 aliphatic carbocycles. The topological polar surface area (TPSA) is 58.6 Å². The Hall–Kier alpha value is -2.82. The molecule has 2 aromatic carbocycles. The molecule has 144 valence electrons. The molecule has 1 N–H and O–H groups in total. The summed E-state index contributed by atoms with van der Waals surface area (Å²) in [4.78, 5) is 25.9. The highest BCUT2D eigenvalue weighted by Crippen LogP contribution is 2.16. The molecule has 0 aliphatic heterocycles. The van der Waals surface area contributed by atoms with E-state index < -0.39 is 0 Å². The molecule has 0 spiro atoms. The Morgan fingerprint density at radius 3 is 2.37 bits per heavy atom. The van der Waals surface area contributed by atoms with Gasteiger partial charge < -0.3 is 15.0 Å². The molecule has 0 radical (unpaired) electrons. The second kappa shape index (κ2) is 9.76. The smallest absolute Gasteiger partial charge is 0.243 e. The van der Waals surface area contributed by atoms with Gasteiger partial charge in [0.05, 0.1) is 13.2 Å². The predicted octanol–water partition coefficient (Wildman–Crippen LogP) is 3.87. The maximum absolute atomic E-state index is 12.2. The third-order valence-electron chi connectivity index (χ3n) is 4.30. The molecule has 5 heteroatoms. The molecule has 0 atom stereocenters. The van der Waals surface area contributed by atoms with E-state index in [1.165, 1.54) is 10.5 Å². The maximum atomic E-state index is 12.2. The molecule has 5 nitrogen and oxygen atoms in total. The highest BCUT2D eigenvalue weighted by atomic mass is 16.5. The molecule has 0 aliphatic rings. The van der Waals surface area contributed by atoms with Gasteiger partial charge in [0.1, 0.15) is 5.75 Å². The van der Waals surface area contributed by atoms with Crippen molar-refractivity contribution in [3.63, 3.8) is 0 Å². The van der Waals surface area contributed by atoms with E-state index in [1.807, 2.05) is 63.2 Å². The van der Waals surface area contributed by atoms with Crippen molar-refractivity contribution in [3.05, 3.63) is 59.2 Å². The van der Waals surface area contributed by atoms with Crippen LogP contribution in [0.5, 0.6) is 5.75 Å². The van der Waals surface area contributed by atoms with Crippen LogP contribution in [0, 0.1) is 20.8 Å². The second-order valence-electron chi connectivity index (χ2n) is 6.88. The van der Waals surface area contributed by atoms with E-state index in [1.54, 1.807) is 7.05 Å². The Bertz CT molecular complexity index is 785. The molecule has 0 fully saturated rings. The van der Waals surface area contributed by atoms with Gasteiger partial charge in [0, 0.05) is 19.2 Å². The second-order valence-corrected chi connectivity index (χ2v) is 6.88. The summed E-state index contributed by atoms with van der Waals surface area (Å²) in [6.07, 6.45) is 0.953. The first-order valence-corrected chi connectivity index (χ1v) is 9.15. The summed E-state index contributed by atoms with van der Waals surface area (Å²) in [7, 11) is 1.64. The van der Waals surface area contributed by atoms with E-state index in [-0.39, 0.29) is 18.4 Å². The van der Waals surface area contributed by atoms with Crippen molar-refractivity contribution in [3.8, 4) is 5.75 Å². The van der Waals surface area contributed by atoms with Crippen LogP contribution in [0.25, 0.3) is 0 Å². The van der Waals surface area contributed by atoms with E-state index >= 15 is 0 Å². The lowest BCUT2D eigenvalue weighted by Gasteiger charge is -2.17. The number of ether oxygens (including phenoxy) is 1. The van der Waals surface area contributed by atoms with Gasteiger partial charge in [0.25, 0.3) is 0 Å². The van der Waals surface area contributed by atoms with Crippen LogP contribution in [-0.2, 0) is 9.59 Å². The number of aryl methyl sites for hydroxylation is 3. The number of carbonyl (C=O) groups is 2. The highest BCUT2D eigenvalue weighted by Gasteiger charge is 2.13. The van der Waals surface area contributed by atoms with E-state index in [0.717, 1.165) is 22.6 Å². The lowest BCUT2D eigenvalue weighted by Crippen LogP contribution is -2.35. The van der Waals surface area contributed by atoms with Crippen molar-refractivity contribution in [2.75, 3.05) is 25.5 Å². The minimum Gasteiger partial charge on any atom is -0.494 e. The quantitative estimate of drug-likeness (QED) is 0.720. The van der Waals surface area contributed by atoms with Crippen molar-refractivity contribution < 1.29 is 14.3 Å². The Labute approximate surface area is 161 Å². The van der Waals surface area contributed by atoms with Crippen molar-refractivity contribution in [1.29, 1.82) is 0 Å². The molecule has 2 rings (SSSR count). The average molecular weight is 368 g/mol. The van der Waals surface area contributed by atoms with Crippen molar-refractivity contribution >= 4 is 17.5 Å². The molecule has 0 bridgehead atoms. The third-order valence-corrected chi connectivity index (χ3v) is 4.30. The van der Waals surface area contributed by atoms with E-state index in [0.29, 0.717) is 19.4 Å². The van der Waals surface area contributed by atoms with Crippen LogP contribution in [0.3, 0.4) is 0 Å². The largest absolute Gasteiger partial charge is 0.494 e. The first kappa shape index (κ1) is 20.5. The summed E-state index contributed by atoms with van der Waals surface area (Å²) in [6, 6.07) is 13.7. The van der Waals surface area contributed by atoms with Crippen LogP contribution >= 0.6 is 0 Å². The van der Waals surface area contributed by atoms with Crippen molar-refractivity contribution in [2.45, 2.75) is 33.6 Å². The summed E-state index contributed by atoms with van der Waals surface area (Å²) in [6.45, 7) is 6.44. The Morgan fingerprint density at radius 1 is 1.00 bits per heavy atom. The van der Waals surface area contributed by atoms with Crippen LogP contribution < -0.4 is 10.1 Å². The molecule has 27 heavy (non-hydrogen) atoms. The molecular weight excluding hydrogens is 340 g/mol. The van der Waals surface area contributed by atoms with Gasteiger partial charge in [-0.1, -0.05) is 29.8 Å². The number of carbonyl (C=O) groups excluding carboxylic acids is 2. The summed E-state index contributed by atoms with van der Waals surface area (Å²) >= 11 is 0. The SMILES string of the molecule is Cc1ccc(OCCCC(=O)N(C)CC(=O)Nc2cc(C)ccc2C)cc1. The molecule has 0 heterocycles. The van der Waals surface area contributed by atoms with Crippen molar-refractivity contribution in [1.82, 2.24) is 4.90 Å². The normalized spacial score (nSPS) is 10.4. The Kier molecular flexibility index (Phi) is 7.41. The molecule has 0 saturated carbocycles. The molecule has 2 amide bonds. The zero-order chi connectivity index (χ0) is 19.8. The monoisotopic (exact) mass is 368 g/mol. The number of benzene rings is 2. The highest BCUT2D eigenvalue weighted by molar-refractivity contribution is 5.95. The number of anilines is 1. The zero-order valence-corrected chi connectivity index (χ0v) is 16.5. The number of nitrogens with zero attached hydrogens (tertiary/aromatic N) is 1. The molecule has 0 unspecified atom stereocenters. The van der Waals surface area contributed by atoms with Gasteiger partial charge >= 0.3 is 0 Å². The Morgan fingerprint density at radius 2 is 1.67 bits per heavy atom. The molecule has 2 aromatic rings. The van der Waals surface area contributed by atoms with E-state index in [4.69, 9.17) is 4.74 Å². The van der Waals surface area contributed by atoms with Gasteiger partial charge in [-0.15, -0.1) is 0 Å². The van der Waals surface area contributed by atoms with Gasteiger partial charge in [0.15, 0.2) is 0 Å². The molecule has 0 aromatic heterocycles. The molecule has 0 saturated heterocycles. The van der Waals surface area contributed by atoms with Crippen LogP contribution in [-0.4, -0.2) is 36.9 Å². The number of rotatable bonds is 8. The first-order chi connectivity index (χ1) is 12.8. The standard InChI is InChI=1S/C22H28N2O3/c1-16-8-11-19(12-9-16)27-13-5-6-22(26)24(4)15-21(25)23-20-14-17(2)7-10-18(20)3/h7-12,14H,5-6,13,15H2,1-4H3,(H,23,25). The zero-order valence-electron chi connectivity index (χ0n) is 16.5. The minimum absolute atomic E-state index is 0.0328. The third kappa shape index (κ3) is 6.77. The summed E-state index contributed by atoms with van der Waals surface area (Å²) in [5.41, 5.74) is 4.04. The van der Waals surface area contributed by atoms with Gasteiger partial charge in [-0.2, -0.15) is 0 Å². The number of likely N-dealkylation sites (N-methyl/N-ethyl adjacent to an activating group) is 1. The van der Waals surface area contributed by atoms with Crippen LogP contribution in [0.15, 0.2) is 42.5 Å². The lowest BCUT2D eigenvalue weighted by atomic mass is 10.1. The number of amides is 2. The Balaban J connectivity index is 1.72. The van der Waals surface area contributed by atoms with E-state index in [2.05, 4.69) is 5.32 Å². The van der Waals surface area contributed by atoms with Crippen LogP contribution in [0.2, 0.25) is 0 Å². The maximum Gasteiger partial charge on any atom is 0.243 e. The molecular formula is C22H28N2O3. The fourth-order valence-corrected chi connectivity index (χ4v) is 2.60. The van der Waals surface area contributed by atoms with Gasteiger partial charge in [-0.25, -0.2) is 0 Å². The summed E-state index contributed by atoms with van der Waals surface area (Å²) < 4.78 is 5.63. The van der Waals surface area contributed by atoms with Gasteiger partial charge in [-0.3, -0.25) is 9.59 Å². The van der Waals surface area contributed by atoms with Crippen molar-refractivity contribution in [2.24, 2.45) is 0 Å². The first-order valence-electron chi connectivity index (χ1n) is 9.15. The number of nitrogens with one attached hydrogen (secondary N) is 1. The number of hydrogen-bond acceptors (Lipinski definition) is 3. The van der Waals surface area contributed by atoms with Crippen LogP contribution in [0.4, 0.5) is 5.69 Å². The predicted molar refractivity (Wildman–Crippen MR) is 108 cm³/mol. The van der Waals surface area contributed by atoms with Crippen LogP contribution in [0.1, 0.15) is 29.5 Å². The average Bonchev–Trinajstić information content (AvgIpc) is 2.63. The van der Waals surface area contributed by atoms with Gasteiger partial charge in [0.2, 0.25) is 11.8 Å². The summed E-state index contributed by atoms with van der Waals surface area (Å²) in [5.74, 6) is 0.531. The lowest BCUT2D eigenvalue weighted by molar-refractivity contribution is -0.133. The fraction of sp³-hybridized carbons (Fsp3) is 0.364.